The van der Waals surface area contributed by atoms with Gasteiger partial charge in [-0.15, -0.1) is 0 Å². The molecule has 1 heteroatoms. The summed E-state index contributed by atoms with van der Waals surface area (Å²) in [6.07, 6.45) is 10.5. The van der Waals surface area contributed by atoms with Gasteiger partial charge in [0.25, 0.3) is 0 Å². The van der Waals surface area contributed by atoms with Crippen LogP contribution in [0, 0.1) is 20.8 Å². The predicted octanol–water partition coefficient (Wildman–Crippen LogP) is 10.6. The summed E-state index contributed by atoms with van der Waals surface area (Å²) in [5.41, 5.74) is 9.03. The van der Waals surface area contributed by atoms with Crippen molar-refractivity contribution in [2.24, 2.45) is 0 Å². The number of rotatable bonds is 12. The van der Waals surface area contributed by atoms with Crippen LogP contribution in [0.25, 0.3) is 33.0 Å². The zero-order valence-corrected chi connectivity index (χ0v) is 22.7. The van der Waals surface area contributed by atoms with Crippen molar-refractivity contribution in [3.63, 3.8) is 0 Å². The second-order valence-electron chi connectivity index (χ2n) is 10.3. The first kappa shape index (κ1) is 26.0. The van der Waals surface area contributed by atoms with Gasteiger partial charge >= 0.3 is 0 Å². The van der Waals surface area contributed by atoms with Crippen LogP contribution in [0.1, 0.15) is 75.0 Å². The molecule has 4 aromatic carbocycles. The lowest BCUT2D eigenvalue weighted by Crippen LogP contribution is -1.98. The zero-order valence-electron chi connectivity index (χ0n) is 22.7. The van der Waals surface area contributed by atoms with Crippen LogP contribution in [-0.4, -0.2) is 6.61 Å². The number of ether oxygens (including phenoxy) is 1. The number of aryl methyl sites for hydroxylation is 3. The third-order valence-corrected chi connectivity index (χ3v) is 7.35. The smallest absolute Gasteiger partial charge is 0.119 e. The van der Waals surface area contributed by atoms with E-state index < -0.39 is 0 Å². The van der Waals surface area contributed by atoms with Gasteiger partial charge in [-0.2, -0.15) is 0 Å². The maximum atomic E-state index is 6.19. The molecular weight excluding hydrogens is 436 g/mol. The lowest BCUT2D eigenvalue weighted by atomic mass is 9.88. The molecule has 4 rings (SSSR count). The fourth-order valence-corrected chi connectivity index (χ4v) is 5.28. The first-order chi connectivity index (χ1) is 17.6. The standard InChI is InChI=1S/C35H42O/c1-5-6-7-8-9-10-11-12-24-36-31-15-13-14-30(25-31)35-28(4)19-22-32-33(35)23-18-27(3)34(32)29-20-16-26(2)17-21-29/h13-23,25H,5-12,24H2,1-4H3. The number of hydrogen-bond acceptors (Lipinski definition) is 1. The zero-order chi connectivity index (χ0) is 25.3. The molecule has 1 nitrogen and oxygen atoms in total. The van der Waals surface area contributed by atoms with Gasteiger partial charge in [-0.1, -0.05) is 118 Å². The fraction of sp³-hybridized carbons (Fsp3) is 0.371. The van der Waals surface area contributed by atoms with Gasteiger partial charge in [0, 0.05) is 0 Å². The van der Waals surface area contributed by atoms with Crippen molar-refractivity contribution in [3.8, 4) is 28.0 Å². The molecule has 0 atom stereocenters. The molecule has 0 radical (unpaired) electrons. The Labute approximate surface area is 218 Å². The van der Waals surface area contributed by atoms with Gasteiger partial charge in [-0.3, -0.25) is 0 Å². The largest absolute Gasteiger partial charge is 0.494 e. The summed E-state index contributed by atoms with van der Waals surface area (Å²) >= 11 is 0. The summed E-state index contributed by atoms with van der Waals surface area (Å²) in [6, 6.07) is 26.7. The Hall–Kier alpha value is -3.06. The maximum Gasteiger partial charge on any atom is 0.119 e. The summed E-state index contributed by atoms with van der Waals surface area (Å²) in [5, 5.41) is 2.61. The SMILES string of the molecule is CCCCCCCCCCOc1cccc(-c2c(C)ccc3c(-c4ccc(C)cc4)c(C)ccc23)c1. The van der Waals surface area contributed by atoms with E-state index >= 15 is 0 Å². The monoisotopic (exact) mass is 478 g/mol. The van der Waals surface area contributed by atoms with Gasteiger partial charge in [-0.05, 0) is 83.5 Å². The van der Waals surface area contributed by atoms with E-state index in [1.54, 1.807) is 0 Å². The molecular formula is C35H42O. The van der Waals surface area contributed by atoms with Crippen LogP contribution in [0.2, 0.25) is 0 Å². The molecule has 36 heavy (non-hydrogen) atoms. The Balaban J connectivity index is 1.52. The third kappa shape index (κ3) is 6.38. The van der Waals surface area contributed by atoms with Crippen molar-refractivity contribution in [3.05, 3.63) is 89.5 Å². The van der Waals surface area contributed by atoms with E-state index in [0.717, 1.165) is 18.8 Å². The van der Waals surface area contributed by atoms with Crippen LogP contribution < -0.4 is 4.74 Å². The van der Waals surface area contributed by atoms with Crippen LogP contribution in [0.15, 0.2) is 72.8 Å². The van der Waals surface area contributed by atoms with Crippen LogP contribution in [0.3, 0.4) is 0 Å². The molecule has 0 amide bonds. The van der Waals surface area contributed by atoms with E-state index in [9.17, 15) is 0 Å². The molecule has 0 saturated heterocycles. The molecule has 0 heterocycles. The van der Waals surface area contributed by atoms with Crippen LogP contribution in [-0.2, 0) is 0 Å². The molecule has 0 aliphatic heterocycles. The van der Waals surface area contributed by atoms with E-state index in [2.05, 4.69) is 100 Å². The second kappa shape index (κ2) is 12.8. The van der Waals surface area contributed by atoms with E-state index in [4.69, 9.17) is 4.74 Å². The van der Waals surface area contributed by atoms with Gasteiger partial charge in [0.05, 0.1) is 6.61 Å². The average molecular weight is 479 g/mol. The first-order valence-electron chi connectivity index (χ1n) is 13.9. The van der Waals surface area contributed by atoms with Crippen molar-refractivity contribution in [1.29, 1.82) is 0 Å². The fourth-order valence-electron chi connectivity index (χ4n) is 5.28. The Morgan fingerprint density at radius 2 is 1.14 bits per heavy atom. The third-order valence-electron chi connectivity index (χ3n) is 7.35. The van der Waals surface area contributed by atoms with Crippen molar-refractivity contribution in [2.45, 2.75) is 79.1 Å². The summed E-state index contributed by atoms with van der Waals surface area (Å²) < 4.78 is 6.19. The molecule has 0 unspecified atom stereocenters. The second-order valence-corrected chi connectivity index (χ2v) is 10.3. The van der Waals surface area contributed by atoms with Crippen molar-refractivity contribution in [2.75, 3.05) is 6.61 Å². The van der Waals surface area contributed by atoms with Crippen molar-refractivity contribution < 1.29 is 4.74 Å². The van der Waals surface area contributed by atoms with Gasteiger partial charge < -0.3 is 4.74 Å². The quantitative estimate of drug-likeness (QED) is 0.184. The van der Waals surface area contributed by atoms with Crippen molar-refractivity contribution in [1.82, 2.24) is 0 Å². The van der Waals surface area contributed by atoms with E-state index in [0.29, 0.717) is 0 Å². The molecule has 0 fully saturated rings. The Morgan fingerprint density at radius 1 is 0.556 bits per heavy atom. The van der Waals surface area contributed by atoms with E-state index in [1.807, 2.05) is 0 Å². The normalized spacial score (nSPS) is 11.2. The minimum Gasteiger partial charge on any atom is -0.494 e. The molecule has 0 aliphatic rings. The lowest BCUT2D eigenvalue weighted by Gasteiger charge is -2.17. The molecule has 0 spiro atoms. The Bertz CT molecular complexity index is 1270. The minimum atomic E-state index is 0.795. The molecule has 0 saturated carbocycles. The molecule has 0 N–H and O–H groups in total. The van der Waals surface area contributed by atoms with Crippen LogP contribution >= 0.6 is 0 Å². The summed E-state index contributed by atoms with van der Waals surface area (Å²) in [6.45, 7) is 9.65. The Kier molecular flexibility index (Phi) is 9.23. The van der Waals surface area contributed by atoms with Gasteiger partial charge in [0.2, 0.25) is 0 Å². The molecule has 4 aromatic rings. The number of benzene rings is 4. The highest BCUT2D eigenvalue weighted by Crippen LogP contribution is 2.39. The van der Waals surface area contributed by atoms with Gasteiger partial charge in [0.15, 0.2) is 0 Å². The van der Waals surface area contributed by atoms with Gasteiger partial charge in [0.1, 0.15) is 5.75 Å². The van der Waals surface area contributed by atoms with Gasteiger partial charge in [-0.25, -0.2) is 0 Å². The molecule has 0 aromatic heterocycles. The summed E-state index contributed by atoms with van der Waals surface area (Å²) in [7, 11) is 0. The molecule has 188 valence electrons. The highest BCUT2D eigenvalue weighted by molar-refractivity contribution is 6.06. The van der Waals surface area contributed by atoms with E-state index in [-0.39, 0.29) is 0 Å². The molecule has 0 bridgehead atoms. The summed E-state index contributed by atoms with van der Waals surface area (Å²) in [4.78, 5) is 0. The number of hydrogen-bond donors (Lipinski definition) is 0. The first-order valence-corrected chi connectivity index (χ1v) is 13.9. The average Bonchev–Trinajstić information content (AvgIpc) is 2.88. The van der Waals surface area contributed by atoms with Crippen LogP contribution in [0.4, 0.5) is 0 Å². The topological polar surface area (TPSA) is 9.23 Å². The maximum absolute atomic E-state index is 6.19. The lowest BCUT2D eigenvalue weighted by molar-refractivity contribution is 0.304. The number of fused-ring (bicyclic) bond motifs is 1. The highest BCUT2D eigenvalue weighted by Gasteiger charge is 2.14. The van der Waals surface area contributed by atoms with Crippen molar-refractivity contribution >= 4 is 10.8 Å². The number of unbranched alkanes of at least 4 members (excludes halogenated alkanes) is 7. The van der Waals surface area contributed by atoms with Crippen LogP contribution in [0.5, 0.6) is 5.75 Å². The highest BCUT2D eigenvalue weighted by atomic mass is 16.5. The minimum absolute atomic E-state index is 0.795. The van der Waals surface area contributed by atoms with E-state index in [1.165, 1.54) is 94.7 Å². The Morgan fingerprint density at radius 3 is 1.78 bits per heavy atom. The molecule has 0 aliphatic carbocycles. The summed E-state index contributed by atoms with van der Waals surface area (Å²) in [5.74, 6) is 0.970. The predicted molar refractivity (Wildman–Crippen MR) is 157 cm³/mol.